The molecule has 1 heterocycles. The number of fused-ring (bicyclic) bond motifs is 1. The van der Waals surface area contributed by atoms with Gasteiger partial charge in [-0.05, 0) is 18.9 Å². The summed E-state index contributed by atoms with van der Waals surface area (Å²) in [5.41, 5.74) is 0.961. The Labute approximate surface area is 112 Å². The van der Waals surface area contributed by atoms with Gasteiger partial charge in [0.15, 0.2) is 5.78 Å². The molecular weight excluding hydrogens is 240 g/mol. The van der Waals surface area contributed by atoms with E-state index in [0.29, 0.717) is 5.78 Å². The van der Waals surface area contributed by atoms with Crippen molar-refractivity contribution in [1.29, 1.82) is 0 Å². The molecular formula is C16H18OS. The lowest BCUT2D eigenvalue weighted by molar-refractivity contribution is 0.0910. The Bertz CT molecular complexity index is 547. The van der Waals surface area contributed by atoms with E-state index in [1.54, 1.807) is 11.3 Å². The third-order valence-corrected chi connectivity index (χ3v) is 4.94. The molecule has 1 aliphatic carbocycles. The summed E-state index contributed by atoms with van der Waals surface area (Å²) in [6.07, 6.45) is 7.21. The van der Waals surface area contributed by atoms with Gasteiger partial charge < -0.3 is 0 Å². The lowest BCUT2D eigenvalue weighted by Crippen LogP contribution is -2.13. The van der Waals surface area contributed by atoms with Crippen LogP contribution in [-0.4, -0.2) is 5.78 Å². The lowest BCUT2D eigenvalue weighted by atomic mass is 9.91. The second-order valence-electron chi connectivity index (χ2n) is 5.20. The number of Topliss-reactive ketones (excluding diaryl/α,β-unsaturated/α-hetero) is 1. The highest BCUT2D eigenvalue weighted by molar-refractivity contribution is 7.17. The molecule has 0 atom stereocenters. The van der Waals surface area contributed by atoms with Crippen LogP contribution in [0.1, 0.15) is 48.9 Å². The zero-order valence-electron chi connectivity index (χ0n) is 10.5. The van der Waals surface area contributed by atoms with Crippen LogP contribution >= 0.6 is 11.3 Å². The number of benzene rings is 1. The van der Waals surface area contributed by atoms with Crippen LogP contribution in [-0.2, 0) is 0 Å². The van der Waals surface area contributed by atoms with E-state index in [2.05, 4.69) is 17.5 Å². The van der Waals surface area contributed by atoms with Crippen molar-refractivity contribution in [1.82, 2.24) is 0 Å². The Kier molecular flexibility index (Phi) is 3.46. The second-order valence-corrected chi connectivity index (χ2v) is 6.11. The van der Waals surface area contributed by atoms with Gasteiger partial charge in [-0.1, -0.05) is 43.9 Å². The number of carbonyl (C=O) groups excluding carboxylic acids is 1. The van der Waals surface area contributed by atoms with Gasteiger partial charge in [-0.15, -0.1) is 11.3 Å². The zero-order valence-corrected chi connectivity index (χ0v) is 11.3. The summed E-state index contributed by atoms with van der Waals surface area (Å²) in [5.74, 6) is 0.653. The van der Waals surface area contributed by atoms with E-state index in [9.17, 15) is 4.79 Å². The van der Waals surface area contributed by atoms with Gasteiger partial charge in [0.1, 0.15) is 0 Å². The van der Waals surface area contributed by atoms with E-state index in [1.165, 1.54) is 30.4 Å². The molecule has 0 spiro atoms. The standard InChI is InChI=1S/C16H18OS/c17-16(12-7-3-1-2-4-8-12)14-11-18-15-10-6-5-9-13(14)15/h5-6,9-12H,1-4,7-8H2. The van der Waals surface area contributed by atoms with Crippen LogP contribution in [0.4, 0.5) is 0 Å². The zero-order chi connectivity index (χ0) is 12.4. The normalized spacial score (nSPS) is 17.8. The SMILES string of the molecule is O=C(c1csc2ccccc12)C1CCCCCC1. The first-order valence-electron chi connectivity index (χ1n) is 6.87. The molecule has 1 aliphatic rings. The predicted octanol–water partition coefficient (Wildman–Crippen LogP) is 5.05. The Morgan fingerprint density at radius 1 is 1.06 bits per heavy atom. The van der Waals surface area contributed by atoms with Crippen LogP contribution in [0.3, 0.4) is 0 Å². The fourth-order valence-electron chi connectivity index (χ4n) is 2.93. The van der Waals surface area contributed by atoms with Crippen molar-refractivity contribution in [3.05, 3.63) is 35.2 Å². The summed E-state index contributed by atoms with van der Waals surface area (Å²) in [4.78, 5) is 12.6. The minimum Gasteiger partial charge on any atom is -0.294 e. The van der Waals surface area contributed by atoms with Crippen LogP contribution in [0.5, 0.6) is 0 Å². The van der Waals surface area contributed by atoms with Crippen LogP contribution in [0.15, 0.2) is 29.6 Å². The topological polar surface area (TPSA) is 17.1 Å². The molecule has 1 nitrogen and oxygen atoms in total. The summed E-state index contributed by atoms with van der Waals surface area (Å²) in [7, 11) is 0. The number of rotatable bonds is 2. The molecule has 1 aromatic carbocycles. The Morgan fingerprint density at radius 3 is 2.56 bits per heavy atom. The van der Waals surface area contributed by atoms with Gasteiger partial charge >= 0.3 is 0 Å². The fraction of sp³-hybridized carbons (Fsp3) is 0.438. The van der Waals surface area contributed by atoms with Crippen molar-refractivity contribution in [2.75, 3.05) is 0 Å². The first-order chi connectivity index (χ1) is 8.86. The highest BCUT2D eigenvalue weighted by Crippen LogP contribution is 2.31. The van der Waals surface area contributed by atoms with Crippen molar-refractivity contribution in [2.24, 2.45) is 5.92 Å². The van der Waals surface area contributed by atoms with E-state index < -0.39 is 0 Å². The third-order valence-electron chi connectivity index (χ3n) is 3.97. The molecule has 0 saturated heterocycles. The van der Waals surface area contributed by atoms with Crippen molar-refractivity contribution in [2.45, 2.75) is 38.5 Å². The molecule has 1 fully saturated rings. The van der Waals surface area contributed by atoms with Gasteiger partial charge in [0, 0.05) is 26.9 Å². The molecule has 94 valence electrons. The molecule has 0 radical (unpaired) electrons. The monoisotopic (exact) mass is 258 g/mol. The van der Waals surface area contributed by atoms with Gasteiger partial charge in [-0.25, -0.2) is 0 Å². The quantitative estimate of drug-likeness (QED) is 0.544. The second kappa shape index (κ2) is 5.23. The summed E-state index contributed by atoms with van der Waals surface area (Å²) in [6, 6.07) is 8.25. The molecule has 0 N–H and O–H groups in total. The largest absolute Gasteiger partial charge is 0.294 e. The van der Waals surface area contributed by atoms with Gasteiger partial charge in [0.25, 0.3) is 0 Å². The molecule has 3 rings (SSSR count). The minimum atomic E-state index is 0.269. The summed E-state index contributed by atoms with van der Waals surface area (Å²) in [5, 5.41) is 3.20. The van der Waals surface area contributed by atoms with Crippen LogP contribution in [0, 0.1) is 5.92 Å². The first kappa shape index (κ1) is 11.9. The number of ketones is 1. The van der Waals surface area contributed by atoms with Gasteiger partial charge in [-0.3, -0.25) is 4.79 Å². The van der Waals surface area contributed by atoms with Crippen molar-refractivity contribution in [3.63, 3.8) is 0 Å². The lowest BCUT2D eigenvalue weighted by Gasteiger charge is -2.11. The highest BCUT2D eigenvalue weighted by atomic mass is 32.1. The Hall–Kier alpha value is -1.15. The summed E-state index contributed by atoms with van der Waals surface area (Å²) < 4.78 is 1.23. The molecule has 2 aromatic rings. The maximum atomic E-state index is 12.6. The molecule has 0 aliphatic heterocycles. The van der Waals surface area contributed by atoms with Crippen molar-refractivity contribution in [3.8, 4) is 0 Å². The predicted molar refractivity (Wildman–Crippen MR) is 77.3 cm³/mol. The van der Waals surface area contributed by atoms with E-state index in [0.717, 1.165) is 23.8 Å². The maximum Gasteiger partial charge on any atom is 0.167 e. The fourth-order valence-corrected chi connectivity index (χ4v) is 3.88. The minimum absolute atomic E-state index is 0.269. The average Bonchev–Trinajstić information content (AvgIpc) is 2.65. The number of hydrogen-bond donors (Lipinski definition) is 0. The number of hydrogen-bond acceptors (Lipinski definition) is 2. The third kappa shape index (κ3) is 2.22. The number of thiophene rings is 1. The van der Waals surface area contributed by atoms with Crippen LogP contribution in [0.2, 0.25) is 0 Å². The molecule has 1 aromatic heterocycles. The summed E-state index contributed by atoms with van der Waals surface area (Å²) >= 11 is 1.69. The molecule has 2 heteroatoms. The highest BCUT2D eigenvalue weighted by Gasteiger charge is 2.23. The smallest absolute Gasteiger partial charge is 0.167 e. The molecule has 0 unspecified atom stereocenters. The van der Waals surface area contributed by atoms with Crippen LogP contribution in [0.25, 0.3) is 10.1 Å². The summed E-state index contributed by atoms with van der Waals surface area (Å²) in [6.45, 7) is 0. The van der Waals surface area contributed by atoms with E-state index in [4.69, 9.17) is 0 Å². The average molecular weight is 258 g/mol. The number of carbonyl (C=O) groups is 1. The van der Waals surface area contributed by atoms with Gasteiger partial charge in [0.05, 0.1) is 0 Å². The van der Waals surface area contributed by atoms with E-state index in [1.807, 2.05) is 12.1 Å². The van der Waals surface area contributed by atoms with E-state index in [-0.39, 0.29) is 5.92 Å². The van der Waals surface area contributed by atoms with Crippen molar-refractivity contribution < 1.29 is 4.79 Å². The molecule has 18 heavy (non-hydrogen) atoms. The maximum absolute atomic E-state index is 12.6. The van der Waals surface area contributed by atoms with Gasteiger partial charge in [-0.2, -0.15) is 0 Å². The van der Waals surface area contributed by atoms with Gasteiger partial charge in [0.2, 0.25) is 0 Å². The Morgan fingerprint density at radius 2 is 1.78 bits per heavy atom. The molecule has 1 saturated carbocycles. The van der Waals surface area contributed by atoms with Crippen LogP contribution < -0.4 is 0 Å². The molecule has 0 amide bonds. The molecule has 0 bridgehead atoms. The van der Waals surface area contributed by atoms with Crippen molar-refractivity contribution >= 4 is 27.2 Å². The van der Waals surface area contributed by atoms with E-state index >= 15 is 0 Å². The first-order valence-corrected chi connectivity index (χ1v) is 7.74. The Balaban J connectivity index is 1.91.